The first-order chi connectivity index (χ1) is 13.8. The van der Waals surface area contributed by atoms with E-state index in [1.54, 1.807) is 19.1 Å². The van der Waals surface area contributed by atoms with Crippen molar-refractivity contribution in [3.63, 3.8) is 0 Å². The second-order valence-electron chi connectivity index (χ2n) is 7.46. The fourth-order valence-electron chi connectivity index (χ4n) is 3.25. The molecule has 7 nitrogen and oxygen atoms in total. The summed E-state index contributed by atoms with van der Waals surface area (Å²) in [6.07, 6.45) is 1.14. The minimum absolute atomic E-state index is 0.298. The number of nitrogens with zero attached hydrogens (tertiary/aromatic N) is 3. The topological polar surface area (TPSA) is 104 Å². The number of aromatic nitrogens is 1. The highest BCUT2D eigenvalue weighted by Crippen LogP contribution is 2.33. The molecule has 0 bridgehead atoms. The van der Waals surface area contributed by atoms with Crippen molar-refractivity contribution in [2.24, 2.45) is 5.92 Å². The molecule has 1 aliphatic rings. The van der Waals surface area contributed by atoms with Gasteiger partial charge in [-0.1, -0.05) is 13.8 Å². The van der Waals surface area contributed by atoms with Crippen LogP contribution in [0.2, 0.25) is 0 Å². The summed E-state index contributed by atoms with van der Waals surface area (Å²) >= 11 is 1.22. The van der Waals surface area contributed by atoms with Gasteiger partial charge in [-0.05, 0) is 43.9 Å². The van der Waals surface area contributed by atoms with Crippen LogP contribution in [0.5, 0.6) is 5.75 Å². The molecule has 0 saturated carbocycles. The molecule has 0 aliphatic carbocycles. The monoisotopic (exact) mass is 413 g/mol. The van der Waals surface area contributed by atoms with Crippen LogP contribution in [0.4, 0.5) is 0 Å². The molecule has 152 valence electrons. The zero-order valence-corrected chi connectivity index (χ0v) is 17.5. The van der Waals surface area contributed by atoms with Gasteiger partial charge in [-0.15, -0.1) is 11.3 Å². The molecular formula is C21H23N3O4S. The maximum absolute atomic E-state index is 12.9. The van der Waals surface area contributed by atoms with Crippen LogP contribution >= 0.6 is 11.3 Å². The van der Waals surface area contributed by atoms with E-state index in [4.69, 9.17) is 4.74 Å². The van der Waals surface area contributed by atoms with Crippen molar-refractivity contribution in [2.75, 3.05) is 13.2 Å². The SMILES string of the molecule is Cc1nc(-c2ccc(OCC(C)C)c(C#N)c2)sc1C(=O)N1CCC[C@H]1C(=O)O. The molecule has 8 heteroatoms. The summed E-state index contributed by atoms with van der Waals surface area (Å²) in [4.78, 5) is 30.7. The van der Waals surface area contributed by atoms with Crippen LogP contribution in [-0.4, -0.2) is 46.1 Å². The number of aliphatic carboxylic acids is 1. The number of ether oxygens (including phenoxy) is 1. The third-order valence-corrected chi connectivity index (χ3v) is 5.90. The van der Waals surface area contributed by atoms with Gasteiger partial charge in [-0.2, -0.15) is 5.26 Å². The lowest BCUT2D eigenvalue weighted by atomic mass is 10.1. The van der Waals surface area contributed by atoms with E-state index in [-0.39, 0.29) is 5.91 Å². The Balaban J connectivity index is 1.87. The van der Waals surface area contributed by atoms with Gasteiger partial charge in [0.15, 0.2) is 0 Å². The Bertz CT molecular complexity index is 977. The van der Waals surface area contributed by atoms with E-state index in [0.29, 0.717) is 58.8 Å². The van der Waals surface area contributed by atoms with Gasteiger partial charge in [-0.25, -0.2) is 9.78 Å². The van der Waals surface area contributed by atoms with Gasteiger partial charge in [0.2, 0.25) is 0 Å². The van der Waals surface area contributed by atoms with Gasteiger partial charge >= 0.3 is 5.97 Å². The molecule has 2 heterocycles. The average Bonchev–Trinajstić information content (AvgIpc) is 3.32. The number of rotatable bonds is 6. The Morgan fingerprint density at radius 3 is 2.86 bits per heavy atom. The minimum Gasteiger partial charge on any atom is -0.492 e. The van der Waals surface area contributed by atoms with Crippen LogP contribution in [0, 0.1) is 24.2 Å². The van der Waals surface area contributed by atoms with Crippen LogP contribution in [0.3, 0.4) is 0 Å². The number of carbonyl (C=O) groups is 2. The summed E-state index contributed by atoms with van der Waals surface area (Å²) in [5.41, 5.74) is 1.70. The molecule has 0 unspecified atom stereocenters. The third-order valence-electron chi connectivity index (χ3n) is 4.71. The van der Waals surface area contributed by atoms with Gasteiger partial charge < -0.3 is 14.7 Å². The zero-order valence-electron chi connectivity index (χ0n) is 16.6. The number of carboxylic acid groups (broad SMARTS) is 1. The summed E-state index contributed by atoms with van der Waals surface area (Å²) in [7, 11) is 0. The molecule has 0 radical (unpaired) electrons. The molecule has 1 amide bonds. The first-order valence-corrected chi connectivity index (χ1v) is 10.3. The number of likely N-dealkylation sites (tertiary alicyclic amines) is 1. The second-order valence-corrected chi connectivity index (χ2v) is 8.46. The number of carbonyl (C=O) groups excluding carboxylic acids is 1. The van der Waals surface area contributed by atoms with Gasteiger partial charge in [0.1, 0.15) is 27.7 Å². The molecule has 1 aliphatic heterocycles. The van der Waals surface area contributed by atoms with E-state index in [1.807, 2.05) is 19.9 Å². The van der Waals surface area contributed by atoms with Crippen molar-refractivity contribution in [3.05, 3.63) is 34.3 Å². The third kappa shape index (κ3) is 4.40. The lowest BCUT2D eigenvalue weighted by molar-refractivity contribution is -0.141. The molecule has 1 fully saturated rings. The number of hydrogen-bond acceptors (Lipinski definition) is 6. The van der Waals surface area contributed by atoms with E-state index in [9.17, 15) is 20.0 Å². The van der Waals surface area contributed by atoms with Crippen molar-refractivity contribution in [3.8, 4) is 22.4 Å². The van der Waals surface area contributed by atoms with Gasteiger partial charge in [-0.3, -0.25) is 4.79 Å². The highest BCUT2D eigenvalue weighted by atomic mass is 32.1. The van der Waals surface area contributed by atoms with Crippen molar-refractivity contribution < 1.29 is 19.4 Å². The minimum atomic E-state index is -0.978. The highest BCUT2D eigenvalue weighted by molar-refractivity contribution is 7.17. The number of nitriles is 1. The normalized spacial score (nSPS) is 16.1. The van der Waals surface area contributed by atoms with Crippen molar-refractivity contribution in [2.45, 2.75) is 39.7 Å². The zero-order chi connectivity index (χ0) is 21.1. The van der Waals surface area contributed by atoms with Crippen molar-refractivity contribution in [1.29, 1.82) is 5.26 Å². The van der Waals surface area contributed by atoms with Gasteiger partial charge in [0.25, 0.3) is 5.91 Å². The Hall–Kier alpha value is -2.92. The lowest BCUT2D eigenvalue weighted by Gasteiger charge is -2.20. The summed E-state index contributed by atoms with van der Waals surface area (Å²) < 4.78 is 5.69. The largest absolute Gasteiger partial charge is 0.492 e. The van der Waals surface area contributed by atoms with E-state index < -0.39 is 12.0 Å². The smallest absolute Gasteiger partial charge is 0.326 e. The predicted octanol–water partition coefficient (Wildman–Crippen LogP) is 3.71. The second kappa shape index (κ2) is 8.62. The Morgan fingerprint density at radius 1 is 1.45 bits per heavy atom. The van der Waals surface area contributed by atoms with E-state index in [0.717, 1.165) is 5.56 Å². The Morgan fingerprint density at radius 2 is 2.21 bits per heavy atom. The quantitative estimate of drug-likeness (QED) is 0.774. The molecule has 29 heavy (non-hydrogen) atoms. The molecule has 1 N–H and O–H groups in total. The van der Waals surface area contributed by atoms with Crippen LogP contribution in [0.1, 0.15) is 47.6 Å². The Labute approximate surface area is 173 Å². The number of aryl methyl sites for hydroxylation is 1. The molecule has 0 spiro atoms. The van der Waals surface area contributed by atoms with Crippen LogP contribution in [-0.2, 0) is 4.79 Å². The van der Waals surface area contributed by atoms with Gasteiger partial charge in [0, 0.05) is 12.1 Å². The molecular weight excluding hydrogens is 390 g/mol. The van der Waals surface area contributed by atoms with Crippen LogP contribution in [0.15, 0.2) is 18.2 Å². The first-order valence-electron chi connectivity index (χ1n) is 9.50. The summed E-state index contributed by atoms with van der Waals surface area (Å²) in [5, 5.41) is 19.4. The van der Waals surface area contributed by atoms with Crippen molar-refractivity contribution in [1.82, 2.24) is 9.88 Å². The van der Waals surface area contributed by atoms with Gasteiger partial charge in [0.05, 0.1) is 17.9 Å². The summed E-state index contributed by atoms with van der Waals surface area (Å²) in [6, 6.07) is 6.64. The molecule has 2 aromatic rings. The van der Waals surface area contributed by atoms with E-state index in [2.05, 4.69) is 11.1 Å². The number of hydrogen-bond donors (Lipinski definition) is 1. The summed E-state index contributed by atoms with van der Waals surface area (Å²) in [5.74, 6) is -0.407. The number of amides is 1. The standard InChI is InChI=1S/C21H23N3O4S/c1-12(2)11-28-17-7-6-14(9-15(17)10-22)19-23-13(3)18(29-19)20(25)24-8-4-5-16(24)21(26)27/h6-7,9,12,16H,4-5,8,11H2,1-3H3,(H,26,27)/t16-/m0/s1. The van der Waals surface area contributed by atoms with E-state index in [1.165, 1.54) is 16.2 Å². The lowest BCUT2D eigenvalue weighted by Crippen LogP contribution is -2.40. The van der Waals surface area contributed by atoms with Crippen LogP contribution < -0.4 is 4.74 Å². The average molecular weight is 413 g/mol. The summed E-state index contributed by atoms with van der Waals surface area (Å²) in [6.45, 7) is 6.76. The fourth-order valence-corrected chi connectivity index (χ4v) is 4.27. The Kier molecular flexibility index (Phi) is 6.18. The highest BCUT2D eigenvalue weighted by Gasteiger charge is 2.36. The first kappa shape index (κ1) is 20.8. The fraction of sp³-hybridized carbons (Fsp3) is 0.429. The molecule has 1 aromatic heterocycles. The predicted molar refractivity (Wildman–Crippen MR) is 109 cm³/mol. The number of carboxylic acids is 1. The molecule has 1 atom stereocenters. The number of thiazole rings is 1. The van der Waals surface area contributed by atoms with Crippen LogP contribution in [0.25, 0.3) is 10.6 Å². The van der Waals surface area contributed by atoms with Crippen molar-refractivity contribution >= 4 is 23.2 Å². The maximum atomic E-state index is 12.9. The number of benzene rings is 1. The molecule has 1 aromatic carbocycles. The molecule has 1 saturated heterocycles. The maximum Gasteiger partial charge on any atom is 0.326 e. The van der Waals surface area contributed by atoms with E-state index >= 15 is 0 Å². The molecule has 3 rings (SSSR count).